The summed E-state index contributed by atoms with van der Waals surface area (Å²) in [4.78, 5) is 22.1. The molecule has 7 nitrogen and oxygen atoms in total. The molecule has 1 amide bonds. The summed E-state index contributed by atoms with van der Waals surface area (Å²) in [6.45, 7) is 0. The number of halogens is 2. The number of anilines is 1. The molecule has 0 aliphatic carbocycles. The standard InChI is InChI=1S/C9H4BrClN4O3S/c10-4-1-2-5(6(3-4)15(17)18)12-7(16)8-13-14-9(11)19-8/h1-3H,(H,12,16). The van der Waals surface area contributed by atoms with Gasteiger partial charge in [-0.1, -0.05) is 27.3 Å². The van der Waals surface area contributed by atoms with Crippen molar-refractivity contribution in [2.75, 3.05) is 5.32 Å². The molecule has 1 N–H and O–H groups in total. The van der Waals surface area contributed by atoms with Crippen molar-refractivity contribution in [3.05, 3.63) is 42.3 Å². The van der Waals surface area contributed by atoms with Gasteiger partial charge in [0.25, 0.3) is 11.6 Å². The Morgan fingerprint density at radius 3 is 2.79 bits per heavy atom. The Morgan fingerprint density at radius 1 is 1.47 bits per heavy atom. The summed E-state index contributed by atoms with van der Waals surface area (Å²) in [6, 6.07) is 4.29. The molecule has 1 aromatic heterocycles. The van der Waals surface area contributed by atoms with Gasteiger partial charge in [0.05, 0.1) is 4.92 Å². The fraction of sp³-hybridized carbons (Fsp3) is 0. The molecular weight excluding hydrogens is 360 g/mol. The van der Waals surface area contributed by atoms with Gasteiger partial charge in [-0.3, -0.25) is 14.9 Å². The lowest BCUT2D eigenvalue weighted by Gasteiger charge is -2.04. The SMILES string of the molecule is O=C(Nc1ccc(Br)cc1[N+](=O)[O-])c1nnc(Cl)s1. The lowest BCUT2D eigenvalue weighted by atomic mass is 10.2. The lowest BCUT2D eigenvalue weighted by Crippen LogP contribution is -2.12. The lowest BCUT2D eigenvalue weighted by molar-refractivity contribution is -0.384. The number of carbonyl (C=O) groups is 1. The minimum atomic E-state index is -0.602. The van der Waals surface area contributed by atoms with Gasteiger partial charge in [-0.15, -0.1) is 10.2 Å². The number of benzene rings is 1. The van der Waals surface area contributed by atoms with Gasteiger partial charge in [0.2, 0.25) is 9.47 Å². The van der Waals surface area contributed by atoms with Crippen LogP contribution in [0.4, 0.5) is 11.4 Å². The normalized spacial score (nSPS) is 10.2. The molecule has 10 heteroatoms. The summed E-state index contributed by atoms with van der Waals surface area (Å²) >= 11 is 9.57. The van der Waals surface area contributed by atoms with Gasteiger partial charge in [-0.2, -0.15) is 0 Å². The zero-order valence-electron chi connectivity index (χ0n) is 8.96. The maximum absolute atomic E-state index is 11.8. The molecule has 2 rings (SSSR count). The van der Waals surface area contributed by atoms with Crippen molar-refractivity contribution in [3.8, 4) is 0 Å². The highest BCUT2D eigenvalue weighted by Crippen LogP contribution is 2.28. The Morgan fingerprint density at radius 2 is 2.21 bits per heavy atom. The van der Waals surface area contributed by atoms with E-state index in [4.69, 9.17) is 11.6 Å². The van der Waals surface area contributed by atoms with Gasteiger partial charge in [0.15, 0.2) is 0 Å². The van der Waals surface area contributed by atoms with Crippen molar-refractivity contribution in [2.45, 2.75) is 0 Å². The third-order valence-electron chi connectivity index (χ3n) is 2.00. The highest BCUT2D eigenvalue weighted by atomic mass is 79.9. The maximum atomic E-state index is 11.8. The van der Waals surface area contributed by atoms with Gasteiger partial charge < -0.3 is 5.32 Å². The second-order valence-corrected chi connectivity index (χ2v) is 5.71. The first-order valence-corrected chi connectivity index (χ1v) is 6.70. The number of nitrogens with zero attached hydrogens (tertiary/aromatic N) is 3. The van der Waals surface area contributed by atoms with E-state index in [0.717, 1.165) is 11.3 Å². The van der Waals surface area contributed by atoms with Crippen LogP contribution in [0.5, 0.6) is 0 Å². The van der Waals surface area contributed by atoms with Crippen LogP contribution in [-0.2, 0) is 0 Å². The van der Waals surface area contributed by atoms with Crippen molar-refractivity contribution in [2.24, 2.45) is 0 Å². The Bertz CT molecular complexity index is 663. The third-order valence-corrected chi connectivity index (χ3v) is 3.51. The van der Waals surface area contributed by atoms with Crippen LogP contribution in [-0.4, -0.2) is 21.0 Å². The van der Waals surface area contributed by atoms with Crippen molar-refractivity contribution in [1.82, 2.24) is 10.2 Å². The van der Waals surface area contributed by atoms with E-state index in [1.807, 2.05) is 0 Å². The van der Waals surface area contributed by atoms with Crippen LogP contribution in [0.3, 0.4) is 0 Å². The van der Waals surface area contributed by atoms with Gasteiger partial charge in [-0.25, -0.2) is 0 Å². The average Bonchev–Trinajstić information content (AvgIpc) is 2.78. The first-order valence-electron chi connectivity index (χ1n) is 4.71. The summed E-state index contributed by atoms with van der Waals surface area (Å²) in [7, 11) is 0. The van der Waals surface area contributed by atoms with E-state index in [2.05, 4.69) is 31.4 Å². The molecule has 2 aromatic rings. The van der Waals surface area contributed by atoms with Crippen molar-refractivity contribution in [1.29, 1.82) is 0 Å². The monoisotopic (exact) mass is 362 g/mol. The summed E-state index contributed by atoms with van der Waals surface area (Å²) in [5, 5.41) is 20.3. The largest absolute Gasteiger partial charge is 0.314 e. The Balaban J connectivity index is 2.28. The molecule has 98 valence electrons. The molecule has 0 bridgehead atoms. The molecule has 1 heterocycles. The van der Waals surface area contributed by atoms with Crippen LogP contribution in [0.25, 0.3) is 0 Å². The van der Waals surface area contributed by atoms with Crippen LogP contribution in [0.15, 0.2) is 22.7 Å². The summed E-state index contributed by atoms with van der Waals surface area (Å²) < 4.78 is 0.659. The number of amides is 1. The van der Waals surface area contributed by atoms with E-state index >= 15 is 0 Å². The maximum Gasteiger partial charge on any atom is 0.293 e. The zero-order chi connectivity index (χ0) is 14.0. The van der Waals surface area contributed by atoms with Crippen molar-refractivity contribution in [3.63, 3.8) is 0 Å². The smallest absolute Gasteiger partial charge is 0.293 e. The number of hydrogen-bond donors (Lipinski definition) is 1. The van der Waals surface area contributed by atoms with Crippen LogP contribution in [0, 0.1) is 10.1 Å². The second-order valence-electron chi connectivity index (χ2n) is 3.23. The van der Waals surface area contributed by atoms with Crippen LogP contribution in [0.1, 0.15) is 9.80 Å². The van der Waals surface area contributed by atoms with E-state index in [-0.39, 0.29) is 20.8 Å². The predicted molar refractivity (Wildman–Crippen MR) is 73.7 cm³/mol. The van der Waals surface area contributed by atoms with Gasteiger partial charge in [0.1, 0.15) is 5.69 Å². The third kappa shape index (κ3) is 3.25. The van der Waals surface area contributed by atoms with Gasteiger partial charge in [-0.05, 0) is 23.7 Å². The molecule has 0 atom stereocenters. The fourth-order valence-corrected chi connectivity index (χ4v) is 2.31. The van der Waals surface area contributed by atoms with Gasteiger partial charge in [0, 0.05) is 10.5 Å². The van der Waals surface area contributed by atoms with Crippen LogP contribution >= 0.6 is 38.9 Å². The van der Waals surface area contributed by atoms with Crippen molar-refractivity contribution >= 4 is 56.1 Å². The fourth-order valence-electron chi connectivity index (χ4n) is 1.23. The number of aromatic nitrogens is 2. The Labute approximate surface area is 123 Å². The molecule has 0 saturated carbocycles. The highest BCUT2D eigenvalue weighted by molar-refractivity contribution is 9.10. The summed E-state index contributed by atoms with van der Waals surface area (Å²) in [6.07, 6.45) is 0. The number of hydrogen-bond acceptors (Lipinski definition) is 6. The van der Waals surface area contributed by atoms with E-state index < -0.39 is 10.8 Å². The van der Waals surface area contributed by atoms with E-state index in [1.54, 1.807) is 6.07 Å². The molecule has 0 radical (unpaired) electrons. The van der Waals surface area contributed by atoms with Crippen LogP contribution < -0.4 is 5.32 Å². The number of nitro groups is 1. The number of rotatable bonds is 3. The number of nitrogens with one attached hydrogen (secondary N) is 1. The first kappa shape index (κ1) is 13.8. The van der Waals surface area contributed by atoms with E-state index in [0.29, 0.717) is 4.47 Å². The minimum absolute atomic E-state index is 0.0298. The van der Waals surface area contributed by atoms with Crippen LogP contribution in [0.2, 0.25) is 4.47 Å². The first-order chi connectivity index (χ1) is 8.97. The highest BCUT2D eigenvalue weighted by Gasteiger charge is 2.19. The molecule has 19 heavy (non-hydrogen) atoms. The molecule has 0 aliphatic rings. The molecule has 1 aromatic carbocycles. The number of nitro benzene ring substituents is 1. The minimum Gasteiger partial charge on any atom is -0.314 e. The zero-order valence-corrected chi connectivity index (χ0v) is 12.1. The van der Waals surface area contributed by atoms with Crippen molar-refractivity contribution < 1.29 is 9.72 Å². The molecule has 0 spiro atoms. The average molecular weight is 364 g/mol. The molecule has 0 unspecified atom stereocenters. The molecular formula is C9H4BrClN4O3S. The topological polar surface area (TPSA) is 98.0 Å². The Kier molecular flexibility index (Phi) is 4.08. The molecule has 0 fully saturated rings. The van der Waals surface area contributed by atoms with E-state index in [9.17, 15) is 14.9 Å². The molecule has 0 saturated heterocycles. The molecule has 0 aliphatic heterocycles. The predicted octanol–water partition coefficient (Wildman–Crippen LogP) is 3.11. The summed E-state index contributed by atoms with van der Waals surface area (Å²) in [5.74, 6) is -0.602. The Hall–Kier alpha value is -1.58. The summed E-state index contributed by atoms with van der Waals surface area (Å²) in [5.41, 5.74) is -0.150. The van der Waals surface area contributed by atoms with Gasteiger partial charge >= 0.3 is 0 Å². The number of carbonyl (C=O) groups excluding carboxylic acids is 1. The van der Waals surface area contributed by atoms with E-state index in [1.165, 1.54) is 12.1 Å². The quantitative estimate of drug-likeness (QED) is 0.667. The second kappa shape index (κ2) is 5.59.